The Labute approximate surface area is 203 Å². The third kappa shape index (κ3) is 5.07. The van der Waals surface area contributed by atoms with Crippen molar-refractivity contribution in [3.8, 4) is 0 Å². The van der Waals surface area contributed by atoms with Crippen molar-refractivity contribution >= 4 is 57.7 Å². The molecule has 0 amide bonds. The quantitative estimate of drug-likeness (QED) is 0.225. The molecule has 10 nitrogen and oxygen atoms in total. The zero-order chi connectivity index (χ0) is 25.1. The molecule has 176 valence electrons. The van der Waals surface area contributed by atoms with Crippen LogP contribution in [0.4, 0.5) is 11.4 Å². The first kappa shape index (κ1) is 22.4. The number of hydrogen-bond donors (Lipinski definition) is 2. The molecule has 6 rings (SSSR count). The van der Waals surface area contributed by atoms with Gasteiger partial charge in [-0.2, -0.15) is 0 Å². The summed E-state index contributed by atoms with van der Waals surface area (Å²) in [6.07, 6.45) is 8.09. The summed E-state index contributed by atoms with van der Waals surface area (Å²) >= 11 is 0. The van der Waals surface area contributed by atoms with Gasteiger partial charge < -0.3 is 9.97 Å². The van der Waals surface area contributed by atoms with E-state index in [-0.39, 0.29) is 0 Å². The molecule has 3 aromatic heterocycles. The van der Waals surface area contributed by atoms with Gasteiger partial charge in [0.1, 0.15) is 0 Å². The van der Waals surface area contributed by atoms with Crippen LogP contribution >= 0.6 is 0 Å². The minimum absolute atomic E-state index is 0.484. The lowest BCUT2D eigenvalue weighted by Crippen LogP contribution is -1.95. The molecule has 0 spiro atoms. The van der Waals surface area contributed by atoms with E-state index in [4.69, 9.17) is 0 Å². The van der Waals surface area contributed by atoms with Gasteiger partial charge in [-0.1, -0.05) is 12.1 Å². The number of aromatic amines is 2. The van der Waals surface area contributed by atoms with E-state index in [2.05, 4.69) is 44.2 Å². The molecule has 0 radical (unpaired) electrons. The number of benzene rings is 1. The van der Waals surface area contributed by atoms with Crippen molar-refractivity contribution in [2.24, 2.45) is 0 Å². The second kappa shape index (κ2) is 9.47. The first-order chi connectivity index (χ1) is 17.4. The Morgan fingerprint density at radius 3 is 1.11 bits per heavy atom. The minimum atomic E-state index is -0.780. The van der Waals surface area contributed by atoms with E-state index in [1.807, 2.05) is 48.6 Å². The van der Waals surface area contributed by atoms with Crippen LogP contribution in [-0.2, 0) is 0 Å². The van der Waals surface area contributed by atoms with Gasteiger partial charge in [0.15, 0.2) is 0 Å². The van der Waals surface area contributed by atoms with Crippen LogP contribution < -0.4 is 0 Å². The zero-order valence-corrected chi connectivity index (χ0v) is 18.7. The Morgan fingerprint density at radius 2 is 0.833 bits per heavy atom. The van der Waals surface area contributed by atoms with Gasteiger partial charge in [-0.15, -0.1) is 0 Å². The monoisotopic (exact) mass is 478 g/mol. The largest absolute Gasteiger partial charge is 0.355 e. The highest BCUT2D eigenvalue weighted by Gasteiger charge is 2.21. The van der Waals surface area contributed by atoms with Gasteiger partial charge in [-0.05, 0) is 72.8 Å². The molecule has 5 heterocycles. The summed E-state index contributed by atoms with van der Waals surface area (Å²) in [5.74, 6) is 0. The second-order valence-corrected chi connectivity index (χ2v) is 7.91. The lowest BCUT2D eigenvalue weighted by molar-refractivity contribution is -0.422. The maximum Gasteiger partial charge on any atom is 0.346 e. The molecule has 2 aliphatic heterocycles. The molecule has 2 N–H and O–H groups in total. The first-order valence-corrected chi connectivity index (χ1v) is 10.9. The van der Waals surface area contributed by atoms with E-state index in [9.17, 15) is 20.2 Å². The summed E-state index contributed by atoms with van der Waals surface area (Å²) in [5, 5.41) is 20.5. The Bertz CT molecular complexity index is 1510. The maximum absolute atomic E-state index is 10.2. The van der Waals surface area contributed by atoms with Crippen LogP contribution in [0.5, 0.6) is 0 Å². The van der Waals surface area contributed by atoms with Crippen LogP contribution in [0.15, 0.2) is 72.8 Å². The zero-order valence-electron chi connectivity index (χ0n) is 18.7. The van der Waals surface area contributed by atoms with Crippen LogP contribution in [0.25, 0.3) is 46.4 Å². The fourth-order valence-corrected chi connectivity index (χ4v) is 3.72. The summed E-state index contributed by atoms with van der Waals surface area (Å²) in [6, 6.07) is 21.3. The highest BCUT2D eigenvalue weighted by Crippen LogP contribution is 2.24. The highest BCUT2D eigenvalue weighted by atomic mass is 16.6. The van der Waals surface area contributed by atoms with Crippen molar-refractivity contribution in [1.29, 1.82) is 0 Å². The minimum Gasteiger partial charge on any atom is -0.355 e. The van der Waals surface area contributed by atoms with Crippen molar-refractivity contribution in [1.82, 2.24) is 19.9 Å². The Morgan fingerprint density at radius 1 is 0.528 bits per heavy atom. The van der Waals surface area contributed by atoms with E-state index in [0.717, 1.165) is 57.0 Å². The number of aromatic nitrogens is 4. The number of hydrogen-bond acceptors (Lipinski definition) is 6. The number of nitro benzene ring substituents is 2. The Balaban J connectivity index is 0.000000189. The number of para-hydroxylation sites is 2. The van der Waals surface area contributed by atoms with Crippen LogP contribution in [0.1, 0.15) is 22.8 Å². The molecule has 8 bridgehead atoms. The lowest BCUT2D eigenvalue weighted by Gasteiger charge is -1.91. The predicted molar refractivity (Wildman–Crippen MR) is 139 cm³/mol. The molecule has 0 fully saturated rings. The molecule has 0 saturated carbocycles. The molecule has 2 aliphatic rings. The van der Waals surface area contributed by atoms with Crippen LogP contribution in [0.3, 0.4) is 0 Å². The number of nitrogens with one attached hydrogen (secondary N) is 2. The molecule has 36 heavy (non-hydrogen) atoms. The molecular formula is C26H18N6O4. The van der Waals surface area contributed by atoms with Gasteiger partial charge >= 0.3 is 11.4 Å². The first-order valence-electron chi connectivity index (χ1n) is 10.9. The lowest BCUT2D eigenvalue weighted by atomic mass is 10.3. The van der Waals surface area contributed by atoms with E-state index < -0.39 is 21.2 Å². The predicted octanol–water partition coefficient (Wildman–Crippen LogP) is 6.16. The molecule has 1 aromatic carbocycles. The Kier molecular flexibility index (Phi) is 5.90. The number of rotatable bonds is 2. The summed E-state index contributed by atoms with van der Waals surface area (Å²) < 4.78 is 0. The van der Waals surface area contributed by atoms with Crippen molar-refractivity contribution in [2.45, 2.75) is 0 Å². The maximum atomic E-state index is 10.2. The normalized spacial score (nSPS) is 11.6. The summed E-state index contributed by atoms with van der Waals surface area (Å²) in [5.41, 5.74) is 6.89. The van der Waals surface area contributed by atoms with Crippen molar-refractivity contribution in [3.63, 3.8) is 0 Å². The van der Waals surface area contributed by atoms with Gasteiger partial charge in [0.25, 0.3) is 0 Å². The fraction of sp³-hybridized carbons (Fsp3) is 0. The van der Waals surface area contributed by atoms with Crippen molar-refractivity contribution in [3.05, 3.63) is 116 Å². The van der Waals surface area contributed by atoms with Crippen LogP contribution in [-0.4, -0.2) is 29.8 Å². The Hall–Kier alpha value is -5.38. The van der Waals surface area contributed by atoms with Gasteiger partial charge in [0, 0.05) is 34.2 Å². The molecule has 10 heteroatoms. The average molecular weight is 478 g/mol. The smallest absolute Gasteiger partial charge is 0.346 e. The summed E-state index contributed by atoms with van der Waals surface area (Å²) in [7, 11) is 0. The van der Waals surface area contributed by atoms with Gasteiger partial charge in [-0.25, -0.2) is 9.97 Å². The van der Waals surface area contributed by atoms with E-state index in [1.54, 1.807) is 0 Å². The average Bonchev–Trinajstić information content (AvgIpc) is 3.66. The molecular weight excluding hydrogens is 460 g/mol. The molecule has 4 aromatic rings. The van der Waals surface area contributed by atoms with Crippen molar-refractivity contribution in [2.75, 3.05) is 0 Å². The third-order valence-corrected chi connectivity index (χ3v) is 5.32. The third-order valence-electron chi connectivity index (χ3n) is 5.32. The van der Waals surface area contributed by atoms with Crippen LogP contribution in [0.2, 0.25) is 0 Å². The molecule has 0 atom stereocenters. The van der Waals surface area contributed by atoms with E-state index >= 15 is 0 Å². The van der Waals surface area contributed by atoms with E-state index in [1.165, 1.54) is 12.1 Å². The molecule has 0 saturated heterocycles. The number of nitro groups is 2. The van der Waals surface area contributed by atoms with Crippen molar-refractivity contribution < 1.29 is 9.85 Å². The molecule has 0 aliphatic carbocycles. The SMILES string of the molecule is C1=Cc2cc3ccc(cc4nc(cc5ccc(cc1n2)[nH]5)C=C4)[nH]3.O=[N+]([O-])c1ccccc1[N+](=O)[O-]. The second-order valence-electron chi connectivity index (χ2n) is 7.91. The summed E-state index contributed by atoms with van der Waals surface area (Å²) in [6.45, 7) is 0. The topological polar surface area (TPSA) is 144 Å². The summed E-state index contributed by atoms with van der Waals surface area (Å²) in [4.78, 5) is 34.9. The number of H-pyrrole nitrogens is 2. The van der Waals surface area contributed by atoms with Gasteiger partial charge in [0.05, 0.1) is 32.6 Å². The highest BCUT2D eigenvalue weighted by molar-refractivity contribution is 5.77. The van der Waals surface area contributed by atoms with Gasteiger partial charge in [-0.3, -0.25) is 20.2 Å². The molecule has 0 unspecified atom stereocenters. The van der Waals surface area contributed by atoms with Gasteiger partial charge in [0.2, 0.25) is 0 Å². The number of nitrogens with zero attached hydrogens (tertiary/aromatic N) is 4. The fourth-order valence-electron chi connectivity index (χ4n) is 3.72. The standard InChI is InChI=1S/C20H14N4.C6H4N2O4/c1-2-14-10-16-5-6-18(23-16)12-20-8-7-19(24-20)11-17-4-3-15(22-17)9-13(1)21-14;9-7(10)5-3-1-2-4-6(5)8(11)12/h1-12,21,24H;1-4H. The van der Waals surface area contributed by atoms with Crippen LogP contribution in [0, 0.1) is 20.2 Å². The number of fused-ring (bicyclic) bond motifs is 8. The van der Waals surface area contributed by atoms with E-state index in [0.29, 0.717) is 0 Å².